The molecule has 1 aromatic carbocycles. The highest BCUT2D eigenvalue weighted by Crippen LogP contribution is 2.20. The Labute approximate surface area is 133 Å². The standard InChI is InChI=1S/C17H16N4O2/c1-2-21-12-18-20-17(21)13-5-3-6-14(11-13)19-16(22)9-8-15-7-4-10-23-15/h3-12H,2H2,1H3,(H,19,22). The van der Waals surface area contributed by atoms with E-state index in [0.29, 0.717) is 11.4 Å². The number of rotatable bonds is 5. The first-order valence-corrected chi connectivity index (χ1v) is 7.27. The van der Waals surface area contributed by atoms with Crippen molar-refractivity contribution in [3.63, 3.8) is 0 Å². The second-order valence-electron chi connectivity index (χ2n) is 4.86. The number of hydrogen-bond acceptors (Lipinski definition) is 4. The van der Waals surface area contributed by atoms with Crippen molar-refractivity contribution >= 4 is 17.7 Å². The first-order chi connectivity index (χ1) is 11.3. The third-order valence-electron chi connectivity index (χ3n) is 3.29. The van der Waals surface area contributed by atoms with E-state index in [0.717, 1.165) is 17.9 Å². The number of carbonyl (C=O) groups is 1. The lowest BCUT2D eigenvalue weighted by atomic mass is 10.2. The topological polar surface area (TPSA) is 73.0 Å². The molecule has 1 N–H and O–H groups in total. The number of aryl methyl sites for hydroxylation is 1. The normalized spacial score (nSPS) is 11.0. The third-order valence-corrected chi connectivity index (χ3v) is 3.29. The lowest BCUT2D eigenvalue weighted by molar-refractivity contribution is -0.111. The summed E-state index contributed by atoms with van der Waals surface area (Å²) in [5, 5.41) is 10.9. The van der Waals surface area contributed by atoms with Crippen LogP contribution in [0.4, 0.5) is 5.69 Å². The maximum absolute atomic E-state index is 12.0. The van der Waals surface area contributed by atoms with Crippen molar-refractivity contribution in [2.75, 3.05) is 5.32 Å². The summed E-state index contributed by atoms with van der Waals surface area (Å²) >= 11 is 0. The van der Waals surface area contributed by atoms with Gasteiger partial charge in [0.2, 0.25) is 5.91 Å². The predicted octanol–water partition coefficient (Wildman–Crippen LogP) is 3.21. The minimum atomic E-state index is -0.226. The first kappa shape index (κ1) is 14.8. The number of nitrogens with zero attached hydrogens (tertiary/aromatic N) is 3. The van der Waals surface area contributed by atoms with Gasteiger partial charge in [0.25, 0.3) is 0 Å². The van der Waals surface area contributed by atoms with Gasteiger partial charge in [-0.1, -0.05) is 12.1 Å². The minimum Gasteiger partial charge on any atom is -0.465 e. The Morgan fingerprint density at radius 3 is 3.04 bits per heavy atom. The van der Waals surface area contributed by atoms with Crippen LogP contribution in [0.1, 0.15) is 12.7 Å². The Hall–Kier alpha value is -3.15. The lowest BCUT2D eigenvalue weighted by Gasteiger charge is -2.06. The van der Waals surface area contributed by atoms with E-state index in [1.165, 1.54) is 6.08 Å². The van der Waals surface area contributed by atoms with Crippen LogP contribution in [-0.2, 0) is 11.3 Å². The Morgan fingerprint density at radius 1 is 1.35 bits per heavy atom. The van der Waals surface area contributed by atoms with E-state index in [-0.39, 0.29) is 5.91 Å². The molecule has 6 nitrogen and oxygen atoms in total. The maximum atomic E-state index is 12.0. The molecule has 0 radical (unpaired) electrons. The first-order valence-electron chi connectivity index (χ1n) is 7.27. The molecule has 0 bridgehead atoms. The van der Waals surface area contributed by atoms with Crippen LogP contribution in [0.15, 0.2) is 59.5 Å². The average molecular weight is 308 g/mol. The van der Waals surface area contributed by atoms with Gasteiger partial charge in [0, 0.05) is 23.9 Å². The second kappa shape index (κ2) is 6.74. The van der Waals surface area contributed by atoms with Crippen LogP contribution in [-0.4, -0.2) is 20.7 Å². The molecular weight excluding hydrogens is 292 g/mol. The monoisotopic (exact) mass is 308 g/mol. The van der Waals surface area contributed by atoms with Crippen molar-refractivity contribution in [3.05, 3.63) is 60.8 Å². The molecule has 2 heterocycles. The molecule has 0 aliphatic rings. The van der Waals surface area contributed by atoms with Gasteiger partial charge in [-0.2, -0.15) is 0 Å². The molecule has 0 aliphatic carbocycles. The van der Waals surface area contributed by atoms with E-state index in [2.05, 4.69) is 15.5 Å². The fourth-order valence-electron chi connectivity index (χ4n) is 2.17. The van der Waals surface area contributed by atoms with Gasteiger partial charge in [0.15, 0.2) is 5.82 Å². The number of benzene rings is 1. The lowest BCUT2D eigenvalue weighted by Crippen LogP contribution is -2.07. The molecule has 0 atom stereocenters. The van der Waals surface area contributed by atoms with E-state index in [1.54, 1.807) is 30.8 Å². The number of anilines is 1. The van der Waals surface area contributed by atoms with Crippen molar-refractivity contribution in [2.24, 2.45) is 0 Å². The van der Waals surface area contributed by atoms with Gasteiger partial charge < -0.3 is 14.3 Å². The SMILES string of the molecule is CCn1cnnc1-c1cccc(NC(=O)C=Cc2ccco2)c1. The summed E-state index contributed by atoms with van der Waals surface area (Å²) in [6.07, 6.45) is 6.30. The third kappa shape index (κ3) is 3.55. The van der Waals surface area contributed by atoms with Crippen molar-refractivity contribution in [1.29, 1.82) is 0 Å². The van der Waals surface area contributed by atoms with Crippen LogP contribution in [0.5, 0.6) is 0 Å². The highest BCUT2D eigenvalue weighted by Gasteiger charge is 2.07. The van der Waals surface area contributed by atoms with E-state index in [9.17, 15) is 4.79 Å². The van der Waals surface area contributed by atoms with Gasteiger partial charge in [0.05, 0.1) is 6.26 Å². The van der Waals surface area contributed by atoms with Crippen molar-refractivity contribution < 1.29 is 9.21 Å². The van der Waals surface area contributed by atoms with Gasteiger partial charge in [-0.05, 0) is 37.3 Å². The molecule has 0 saturated carbocycles. The van der Waals surface area contributed by atoms with E-state index < -0.39 is 0 Å². The number of amides is 1. The van der Waals surface area contributed by atoms with Gasteiger partial charge in [-0.25, -0.2) is 0 Å². The molecule has 116 valence electrons. The molecule has 6 heteroatoms. The number of hydrogen-bond donors (Lipinski definition) is 1. The maximum Gasteiger partial charge on any atom is 0.248 e. The molecule has 0 fully saturated rings. The fraction of sp³-hybridized carbons (Fsp3) is 0.118. The zero-order valence-corrected chi connectivity index (χ0v) is 12.6. The van der Waals surface area contributed by atoms with Crippen molar-refractivity contribution in [3.8, 4) is 11.4 Å². The summed E-state index contributed by atoms with van der Waals surface area (Å²) in [6, 6.07) is 11.1. The highest BCUT2D eigenvalue weighted by atomic mass is 16.3. The quantitative estimate of drug-likeness (QED) is 0.735. The zero-order chi connectivity index (χ0) is 16.1. The van der Waals surface area contributed by atoms with Gasteiger partial charge in [-0.15, -0.1) is 10.2 Å². The van der Waals surface area contributed by atoms with Crippen LogP contribution in [0.2, 0.25) is 0 Å². The number of aromatic nitrogens is 3. The van der Waals surface area contributed by atoms with Crippen LogP contribution in [0.3, 0.4) is 0 Å². The van der Waals surface area contributed by atoms with E-state index in [1.807, 2.05) is 35.8 Å². The summed E-state index contributed by atoms with van der Waals surface area (Å²) in [5.41, 5.74) is 1.60. The molecule has 0 aliphatic heterocycles. The molecular formula is C17H16N4O2. The molecule has 2 aromatic heterocycles. The average Bonchev–Trinajstić information content (AvgIpc) is 3.24. The molecule has 0 spiro atoms. The summed E-state index contributed by atoms with van der Waals surface area (Å²) in [5.74, 6) is 1.18. The predicted molar refractivity (Wildman–Crippen MR) is 87.5 cm³/mol. The van der Waals surface area contributed by atoms with Crippen molar-refractivity contribution in [1.82, 2.24) is 14.8 Å². The van der Waals surface area contributed by atoms with Gasteiger partial charge in [0.1, 0.15) is 12.1 Å². The summed E-state index contributed by atoms with van der Waals surface area (Å²) in [7, 11) is 0. The Morgan fingerprint density at radius 2 is 2.26 bits per heavy atom. The molecule has 1 amide bonds. The summed E-state index contributed by atoms with van der Waals surface area (Å²) in [6.45, 7) is 2.81. The molecule has 3 aromatic rings. The summed E-state index contributed by atoms with van der Waals surface area (Å²) < 4.78 is 7.09. The van der Waals surface area contributed by atoms with Gasteiger partial charge >= 0.3 is 0 Å². The molecule has 0 saturated heterocycles. The largest absolute Gasteiger partial charge is 0.465 e. The minimum absolute atomic E-state index is 0.226. The fourth-order valence-corrected chi connectivity index (χ4v) is 2.17. The zero-order valence-electron chi connectivity index (χ0n) is 12.6. The number of furan rings is 1. The Bertz CT molecular complexity index is 819. The molecule has 0 unspecified atom stereocenters. The second-order valence-corrected chi connectivity index (χ2v) is 4.86. The molecule has 23 heavy (non-hydrogen) atoms. The van der Waals surface area contributed by atoms with Gasteiger partial charge in [-0.3, -0.25) is 4.79 Å². The summed E-state index contributed by atoms with van der Waals surface area (Å²) in [4.78, 5) is 12.0. The van der Waals surface area contributed by atoms with Crippen LogP contribution < -0.4 is 5.32 Å². The van der Waals surface area contributed by atoms with Crippen LogP contribution >= 0.6 is 0 Å². The van der Waals surface area contributed by atoms with E-state index in [4.69, 9.17) is 4.42 Å². The van der Waals surface area contributed by atoms with Crippen molar-refractivity contribution in [2.45, 2.75) is 13.5 Å². The number of carbonyl (C=O) groups excluding carboxylic acids is 1. The molecule has 3 rings (SSSR count). The Kier molecular flexibility index (Phi) is 4.33. The Balaban J connectivity index is 1.74. The number of nitrogens with one attached hydrogen (secondary N) is 1. The smallest absolute Gasteiger partial charge is 0.248 e. The van der Waals surface area contributed by atoms with E-state index >= 15 is 0 Å². The highest BCUT2D eigenvalue weighted by molar-refractivity contribution is 6.02. The van der Waals surface area contributed by atoms with Crippen LogP contribution in [0, 0.1) is 0 Å². The van der Waals surface area contributed by atoms with Crippen LogP contribution in [0.25, 0.3) is 17.5 Å².